The second kappa shape index (κ2) is 6.78. The molecule has 3 aromatic rings. The quantitative estimate of drug-likeness (QED) is 0.699. The lowest BCUT2D eigenvalue weighted by Gasteiger charge is -2.14. The first-order chi connectivity index (χ1) is 12.7. The highest BCUT2D eigenvalue weighted by Crippen LogP contribution is 2.39. The van der Waals surface area contributed by atoms with Crippen LogP contribution in [0.25, 0.3) is 10.8 Å². The Morgan fingerprint density at radius 3 is 3.04 bits per heavy atom. The molecule has 1 saturated carbocycles. The number of benzene rings is 1. The molecule has 2 heterocycles. The molecule has 134 valence electrons. The number of ether oxygens (including phenoxy) is 1. The number of hydrogen-bond acceptors (Lipinski definition) is 5. The molecule has 1 fully saturated rings. The molecular formula is C20H21N3O3. The maximum atomic E-state index is 12.4. The van der Waals surface area contributed by atoms with Crippen LogP contribution in [0.1, 0.15) is 49.0 Å². The van der Waals surface area contributed by atoms with Gasteiger partial charge in [-0.25, -0.2) is 4.98 Å². The molecule has 0 radical (unpaired) electrons. The molecule has 0 bridgehead atoms. The first-order valence-electron chi connectivity index (χ1n) is 8.92. The van der Waals surface area contributed by atoms with Gasteiger partial charge in [0.15, 0.2) is 12.3 Å². The molecule has 26 heavy (non-hydrogen) atoms. The van der Waals surface area contributed by atoms with Crippen LogP contribution in [0.5, 0.6) is 5.75 Å². The summed E-state index contributed by atoms with van der Waals surface area (Å²) in [5.74, 6) is 0.928. The zero-order valence-electron chi connectivity index (χ0n) is 14.7. The van der Waals surface area contributed by atoms with Gasteiger partial charge >= 0.3 is 0 Å². The van der Waals surface area contributed by atoms with E-state index in [1.54, 1.807) is 12.4 Å². The highest BCUT2D eigenvalue weighted by atomic mass is 16.5. The van der Waals surface area contributed by atoms with Crippen LogP contribution in [-0.4, -0.2) is 21.4 Å². The second-order valence-corrected chi connectivity index (χ2v) is 6.75. The Labute approximate surface area is 151 Å². The number of amides is 1. The summed E-state index contributed by atoms with van der Waals surface area (Å²) in [6.45, 7) is 2.29. The summed E-state index contributed by atoms with van der Waals surface area (Å²) in [4.78, 5) is 20.7. The summed E-state index contributed by atoms with van der Waals surface area (Å²) >= 11 is 0. The lowest BCUT2D eigenvalue weighted by atomic mass is 10.1. The third-order valence-electron chi connectivity index (χ3n) is 4.74. The summed E-state index contributed by atoms with van der Waals surface area (Å²) < 4.78 is 11.2. The third kappa shape index (κ3) is 3.40. The second-order valence-electron chi connectivity index (χ2n) is 6.75. The van der Waals surface area contributed by atoms with Gasteiger partial charge in [0.1, 0.15) is 12.0 Å². The van der Waals surface area contributed by atoms with Crippen molar-refractivity contribution in [2.75, 3.05) is 0 Å². The Kier molecular flexibility index (Phi) is 4.32. The van der Waals surface area contributed by atoms with Gasteiger partial charge in [0.25, 0.3) is 5.91 Å². The van der Waals surface area contributed by atoms with Crippen molar-refractivity contribution in [3.63, 3.8) is 0 Å². The van der Waals surface area contributed by atoms with Crippen LogP contribution in [0.2, 0.25) is 0 Å². The molecule has 4 rings (SSSR count). The summed E-state index contributed by atoms with van der Waals surface area (Å²) in [6, 6.07) is 7.69. The smallest absolute Gasteiger partial charge is 0.273 e. The lowest BCUT2D eigenvalue weighted by molar-refractivity contribution is 0.0924. The van der Waals surface area contributed by atoms with Crippen molar-refractivity contribution in [2.24, 2.45) is 0 Å². The molecule has 0 unspecified atom stereocenters. The molecule has 1 aromatic carbocycles. The summed E-state index contributed by atoms with van der Waals surface area (Å²) in [5, 5.41) is 5.06. The topological polar surface area (TPSA) is 77.2 Å². The van der Waals surface area contributed by atoms with Gasteiger partial charge in [-0.1, -0.05) is 25.5 Å². The number of nitrogens with one attached hydrogen (secondary N) is 1. The average Bonchev–Trinajstić information content (AvgIpc) is 3.23. The highest BCUT2D eigenvalue weighted by molar-refractivity contribution is 5.92. The molecule has 6 heteroatoms. The number of fused-ring (bicyclic) bond motifs is 1. The molecular weight excluding hydrogens is 330 g/mol. The number of nitrogens with zero attached hydrogens (tertiary/aromatic N) is 2. The first-order valence-corrected chi connectivity index (χ1v) is 8.92. The Balaban J connectivity index is 1.41. The van der Waals surface area contributed by atoms with Gasteiger partial charge in [-0.15, -0.1) is 0 Å². The van der Waals surface area contributed by atoms with E-state index in [1.165, 1.54) is 6.26 Å². The van der Waals surface area contributed by atoms with E-state index in [9.17, 15) is 4.79 Å². The minimum absolute atomic E-state index is 0.0293. The van der Waals surface area contributed by atoms with Crippen LogP contribution in [0, 0.1) is 0 Å². The van der Waals surface area contributed by atoms with Crippen molar-refractivity contribution in [3.8, 4) is 5.75 Å². The van der Waals surface area contributed by atoms with Gasteiger partial charge in [0, 0.05) is 28.7 Å². The molecule has 1 aliphatic carbocycles. The number of oxazole rings is 1. The van der Waals surface area contributed by atoms with Crippen molar-refractivity contribution in [3.05, 3.63) is 54.5 Å². The van der Waals surface area contributed by atoms with Gasteiger partial charge < -0.3 is 14.5 Å². The van der Waals surface area contributed by atoms with E-state index in [2.05, 4.69) is 22.2 Å². The Hall–Kier alpha value is -2.89. The van der Waals surface area contributed by atoms with Crippen LogP contribution in [0.4, 0.5) is 0 Å². The third-order valence-corrected chi connectivity index (χ3v) is 4.74. The van der Waals surface area contributed by atoms with Crippen LogP contribution in [0.15, 0.2) is 47.3 Å². The molecule has 2 aromatic heterocycles. The van der Waals surface area contributed by atoms with Crippen LogP contribution < -0.4 is 10.1 Å². The van der Waals surface area contributed by atoms with E-state index in [1.807, 2.05) is 24.3 Å². The summed E-state index contributed by atoms with van der Waals surface area (Å²) in [5.41, 5.74) is 0.270. The monoisotopic (exact) mass is 351 g/mol. The zero-order valence-corrected chi connectivity index (χ0v) is 14.7. The first kappa shape index (κ1) is 16.6. The zero-order chi connectivity index (χ0) is 18.0. The van der Waals surface area contributed by atoms with E-state index >= 15 is 0 Å². The van der Waals surface area contributed by atoms with Gasteiger partial charge in [-0.2, -0.15) is 0 Å². The van der Waals surface area contributed by atoms with E-state index < -0.39 is 0 Å². The van der Waals surface area contributed by atoms with Crippen molar-refractivity contribution >= 4 is 16.7 Å². The summed E-state index contributed by atoms with van der Waals surface area (Å²) in [7, 11) is 0. The Morgan fingerprint density at radius 1 is 1.35 bits per heavy atom. The van der Waals surface area contributed by atoms with Gasteiger partial charge in [0.05, 0.1) is 0 Å². The predicted octanol–water partition coefficient (Wildman–Crippen LogP) is 3.86. The van der Waals surface area contributed by atoms with Crippen molar-refractivity contribution in [1.29, 1.82) is 0 Å². The maximum Gasteiger partial charge on any atom is 0.273 e. The van der Waals surface area contributed by atoms with E-state index in [4.69, 9.17) is 9.15 Å². The standard InChI is InChI=1S/C20H21N3O3/c1-2-7-20(8-9-20)23-19(24)16-12-26-18(22-16)13-25-17-5-3-4-14-11-21-10-6-15(14)17/h3-6,10-12H,2,7-9,13H2,1H3,(H,23,24). The minimum Gasteiger partial charge on any atom is -0.483 e. The maximum absolute atomic E-state index is 12.4. The van der Waals surface area contributed by atoms with Crippen molar-refractivity contribution < 1.29 is 13.9 Å². The predicted molar refractivity (Wildman–Crippen MR) is 96.9 cm³/mol. The SMILES string of the molecule is CCCC1(NC(=O)c2coc(COc3cccc4cnccc34)n2)CC1. The van der Waals surface area contributed by atoms with Gasteiger partial charge in [-0.05, 0) is 31.4 Å². The van der Waals surface area contributed by atoms with Crippen molar-refractivity contribution in [1.82, 2.24) is 15.3 Å². The molecule has 0 saturated heterocycles. The Bertz CT molecular complexity index is 925. The van der Waals surface area contributed by atoms with Crippen molar-refractivity contribution in [2.45, 2.75) is 44.8 Å². The fourth-order valence-corrected chi connectivity index (χ4v) is 3.21. The molecule has 0 spiro atoms. The largest absolute Gasteiger partial charge is 0.483 e. The highest BCUT2D eigenvalue weighted by Gasteiger charge is 2.43. The van der Waals surface area contributed by atoms with E-state index in [-0.39, 0.29) is 18.1 Å². The molecule has 1 amide bonds. The number of carbonyl (C=O) groups is 1. The number of aromatic nitrogens is 2. The van der Waals surface area contributed by atoms with Gasteiger partial charge in [0.2, 0.25) is 5.89 Å². The normalized spacial score (nSPS) is 15.0. The fraction of sp³-hybridized carbons (Fsp3) is 0.350. The molecule has 0 aliphatic heterocycles. The average molecular weight is 351 g/mol. The number of rotatable bonds is 7. The summed E-state index contributed by atoms with van der Waals surface area (Å²) in [6.07, 6.45) is 9.05. The minimum atomic E-state index is -0.179. The number of carbonyl (C=O) groups excluding carboxylic acids is 1. The van der Waals surface area contributed by atoms with Crippen LogP contribution >= 0.6 is 0 Å². The molecule has 0 atom stereocenters. The number of pyridine rings is 1. The van der Waals surface area contributed by atoms with Crippen LogP contribution in [-0.2, 0) is 6.61 Å². The Morgan fingerprint density at radius 2 is 2.23 bits per heavy atom. The molecule has 1 aliphatic rings. The van der Waals surface area contributed by atoms with Crippen LogP contribution in [0.3, 0.4) is 0 Å². The molecule has 1 N–H and O–H groups in total. The van der Waals surface area contributed by atoms with E-state index in [0.29, 0.717) is 11.6 Å². The van der Waals surface area contributed by atoms with E-state index in [0.717, 1.165) is 42.2 Å². The number of hydrogen-bond donors (Lipinski definition) is 1. The fourth-order valence-electron chi connectivity index (χ4n) is 3.21. The lowest BCUT2D eigenvalue weighted by Crippen LogP contribution is -2.36. The molecule has 6 nitrogen and oxygen atoms in total. The van der Waals surface area contributed by atoms with Gasteiger partial charge in [-0.3, -0.25) is 9.78 Å².